The fourth-order valence-electron chi connectivity index (χ4n) is 1.42. The zero-order valence-corrected chi connectivity index (χ0v) is 8.51. The van der Waals surface area contributed by atoms with Gasteiger partial charge in [0.1, 0.15) is 5.82 Å². The summed E-state index contributed by atoms with van der Waals surface area (Å²) in [7, 11) is 0. The van der Waals surface area contributed by atoms with Gasteiger partial charge in [-0.15, -0.1) is 0 Å². The highest BCUT2D eigenvalue weighted by Crippen LogP contribution is 2.22. The predicted molar refractivity (Wildman–Crippen MR) is 54.5 cm³/mol. The van der Waals surface area contributed by atoms with E-state index in [1.807, 2.05) is 0 Å². The first kappa shape index (κ1) is 12.6. The third-order valence-electron chi connectivity index (χ3n) is 2.29. The molecule has 0 aliphatic carbocycles. The molecule has 0 bridgehead atoms. The van der Waals surface area contributed by atoms with Gasteiger partial charge in [0.05, 0.1) is 18.6 Å². The highest BCUT2D eigenvalue weighted by Gasteiger charge is 2.22. The molecule has 1 aromatic carbocycles. The van der Waals surface area contributed by atoms with Crippen molar-refractivity contribution in [2.45, 2.75) is 18.4 Å². The van der Waals surface area contributed by atoms with Crippen LogP contribution in [0.25, 0.3) is 0 Å². The third-order valence-corrected chi connectivity index (χ3v) is 2.29. The van der Waals surface area contributed by atoms with Crippen LogP contribution in [-0.4, -0.2) is 34.0 Å². The average molecular weight is 228 g/mol. The van der Waals surface area contributed by atoms with E-state index in [0.717, 1.165) is 12.1 Å². The van der Waals surface area contributed by atoms with E-state index in [2.05, 4.69) is 0 Å². The fourth-order valence-corrected chi connectivity index (χ4v) is 1.42. The van der Waals surface area contributed by atoms with Crippen LogP contribution in [0.1, 0.15) is 17.9 Å². The normalized spacial score (nSPS) is 14.4. The van der Waals surface area contributed by atoms with Gasteiger partial charge >= 0.3 is 5.97 Å². The molecule has 0 spiro atoms. The van der Waals surface area contributed by atoms with Crippen molar-refractivity contribution >= 4 is 5.97 Å². The lowest BCUT2D eigenvalue weighted by Gasteiger charge is -2.15. The lowest BCUT2D eigenvalue weighted by molar-refractivity contribution is -0.139. The van der Waals surface area contributed by atoms with Gasteiger partial charge in [0.15, 0.2) is 0 Å². The van der Waals surface area contributed by atoms with E-state index in [-0.39, 0.29) is 6.42 Å². The Morgan fingerprint density at radius 3 is 2.31 bits per heavy atom. The van der Waals surface area contributed by atoms with Crippen LogP contribution < -0.4 is 0 Å². The van der Waals surface area contributed by atoms with E-state index in [1.54, 1.807) is 0 Å². The van der Waals surface area contributed by atoms with Crippen LogP contribution in [0.3, 0.4) is 0 Å². The number of aliphatic hydroxyl groups is 2. The van der Waals surface area contributed by atoms with E-state index in [0.29, 0.717) is 5.56 Å². The summed E-state index contributed by atoms with van der Waals surface area (Å²) >= 11 is 0. The van der Waals surface area contributed by atoms with Gasteiger partial charge in [0.25, 0.3) is 0 Å². The number of halogens is 1. The van der Waals surface area contributed by atoms with Gasteiger partial charge in [-0.25, -0.2) is 4.39 Å². The van der Waals surface area contributed by atoms with Gasteiger partial charge in [-0.3, -0.25) is 4.79 Å². The number of hydrogen-bond donors (Lipinski definition) is 3. The number of carboxylic acid groups (broad SMARTS) is 1. The molecule has 0 saturated heterocycles. The summed E-state index contributed by atoms with van der Waals surface area (Å²) in [4.78, 5) is 10.9. The number of carboxylic acids is 1. The Bertz CT molecular complexity index is 350. The number of carbonyl (C=O) groups is 1. The van der Waals surface area contributed by atoms with Gasteiger partial charge in [-0.05, 0) is 24.1 Å². The van der Waals surface area contributed by atoms with Crippen LogP contribution in [-0.2, 0) is 4.79 Å². The van der Waals surface area contributed by atoms with Crippen molar-refractivity contribution in [2.75, 3.05) is 6.61 Å². The molecule has 1 aromatic rings. The minimum atomic E-state index is -1.11. The second-order valence-electron chi connectivity index (χ2n) is 3.51. The summed E-state index contributed by atoms with van der Waals surface area (Å²) in [6.45, 7) is -0.495. The quantitative estimate of drug-likeness (QED) is 0.694. The van der Waals surface area contributed by atoms with Crippen LogP contribution in [0.2, 0.25) is 0 Å². The van der Waals surface area contributed by atoms with Gasteiger partial charge in [-0.2, -0.15) is 0 Å². The van der Waals surface area contributed by atoms with Gasteiger partial charge < -0.3 is 15.3 Å². The Labute approximate surface area is 92.0 Å². The summed E-state index contributed by atoms with van der Waals surface area (Å²) in [5.74, 6) is -2.50. The molecule has 0 aliphatic rings. The number of rotatable bonds is 5. The Balaban J connectivity index is 2.85. The van der Waals surface area contributed by atoms with Gasteiger partial charge in [-0.1, -0.05) is 12.1 Å². The SMILES string of the molecule is O=C(O)C(CC(O)CO)c1ccc(F)cc1. The zero-order valence-electron chi connectivity index (χ0n) is 8.51. The molecule has 1 rings (SSSR count). The lowest BCUT2D eigenvalue weighted by atomic mass is 9.93. The summed E-state index contributed by atoms with van der Waals surface area (Å²) < 4.78 is 12.6. The van der Waals surface area contributed by atoms with E-state index in [9.17, 15) is 14.3 Å². The summed E-state index contributed by atoms with van der Waals surface area (Å²) in [5.41, 5.74) is 0.404. The molecule has 0 fully saturated rings. The molecule has 0 aromatic heterocycles. The first-order chi connectivity index (χ1) is 7.54. The number of benzene rings is 1. The van der Waals surface area contributed by atoms with Gasteiger partial charge in [0, 0.05) is 0 Å². The summed E-state index contributed by atoms with van der Waals surface area (Å²) in [6.07, 6.45) is -1.19. The Hall–Kier alpha value is -1.46. The van der Waals surface area contributed by atoms with Crippen molar-refractivity contribution in [2.24, 2.45) is 0 Å². The molecule has 0 heterocycles. The third kappa shape index (κ3) is 3.29. The Morgan fingerprint density at radius 1 is 1.31 bits per heavy atom. The number of aliphatic hydroxyl groups excluding tert-OH is 2. The zero-order chi connectivity index (χ0) is 12.1. The topological polar surface area (TPSA) is 77.8 Å². The van der Waals surface area contributed by atoms with Crippen molar-refractivity contribution in [3.63, 3.8) is 0 Å². The first-order valence-corrected chi connectivity index (χ1v) is 4.81. The van der Waals surface area contributed by atoms with Crippen molar-refractivity contribution < 1.29 is 24.5 Å². The van der Waals surface area contributed by atoms with Crippen molar-refractivity contribution in [1.29, 1.82) is 0 Å². The molecule has 4 nitrogen and oxygen atoms in total. The molecule has 0 saturated carbocycles. The second-order valence-corrected chi connectivity index (χ2v) is 3.51. The lowest BCUT2D eigenvalue weighted by Crippen LogP contribution is -2.21. The fraction of sp³-hybridized carbons (Fsp3) is 0.364. The second kappa shape index (κ2) is 5.58. The smallest absolute Gasteiger partial charge is 0.311 e. The molecule has 2 unspecified atom stereocenters. The Morgan fingerprint density at radius 2 is 1.88 bits per heavy atom. The van der Waals surface area contributed by atoms with E-state index >= 15 is 0 Å². The van der Waals surface area contributed by atoms with E-state index in [1.165, 1.54) is 12.1 Å². The molecule has 0 aliphatic heterocycles. The standard InChI is InChI=1S/C11H13FO4/c12-8-3-1-7(2-4-8)10(11(15)16)5-9(14)6-13/h1-4,9-10,13-14H,5-6H2,(H,15,16). The average Bonchev–Trinajstić information content (AvgIpc) is 2.26. The molecule has 2 atom stereocenters. The maximum absolute atomic E-state index is 12.6. The van der Waals surface area contributed by atoms with E-state index in [4.69, 9.17) is 10.2 Å². The molecule has 3 N–H and O–H groups in total. The minimum absolute atomic E-state index is 0.0997. The molecular formula is C11H13FO4. The first-order valence-electron chi connectivity index (χ1n) is 4.81. The summed E-state index contributed by atoms with van der Waals surface area (Å²) in [5, 5.41) is 26.8. The Kier molecular flexibility index (Phi) is 4.39. The predicted octanol–water partition coefficient (Wildman–Crippen LogP) is 0.737. The largest absolute Gasteiger partial charge is 0.481 e. The van der Waals surface area contributed by atoms with E-state index < -0.39 is 30.4 Å². The van der Waals surface area contributed by atoms with Crippen LogP contribution >= 0.6 is 0 Å². The van der Waals surface area contributed by atoms with Gasteiger partial charge in [0.2, 0.25) is 0 Å². The van der Waals surface area contributed by atoms with Crippen LogP contribution in [0, 0.1) is 5.82 Å². The molecule has 5 heteroatoms. The highest BCUT2D eigenvalue weighted by molar-refractivity contribution is 5.76. The monoisotopic (exact) mass is 228 g/mol. The summed E-state index contributed by atoms with van der Waals surface area (Å²) in [6, 6.07) is 5.05. The molecule has 88 valence electrons. The van der Waals surface area contributed by atoms with Crippen molar-refractivity contribution in [3.05, 3.63) is 35.6 Å². The van der Waals surface area contributed by atoms with Crippen LogP contribution in [0.5, 0.6) is 0 Å². The minimum Gasteiger partial charge on any atom is -0.481 e. The maximum atomic E-state index is 12.6. The number of aliphatic carboxylic acids is 1. The molecule has 0 radical (unpaired) electrons. The van der Waals surface area contributed by atoms with Crippen molar-refractivity contribution in [1.82, 2.24) is 0 Å². The van der Waals surface area contributed by atoms with Crippen LogP contribution in [0.4, 0.5) is 4.39 Å². The maximum Gasteiger partial charge on any atom is 0.311 e. The molecule has 0 amide bonds. The molecule has 16 heavy (non-hydrogen) atoms. The number of hydrogen-bond acceptors (Lipinski definition) is 3. The van der Waals surface area contributed by atoms with Crippen LogP contribution in [0.15, 0.2) is 24.3 Å². The highest BCUT2D eigenvalue weighted by atomic mass is 19.1. The molecular weight excluding hydrogens is 215 g/mol. The van der Waals surface area contributed by atoms with Crippen molar-refractivity contribution in [3.8, 4) is 0 Å².